The van der Waals surface area contributed by atoms with E-state index in [1.54, 1.807) is 0 Å². The molecule has 0 saturated carbocycles. The molecule has 5 rings (SSSR count). The maximum absolute atomic E-state index is 14.4. The lowest BCUT2D eigenvalue weighted by atomic mass is 10.0. The van der Waals surface area contributed by atoms with Crippen LogP contribution in [0.15, 0.2) is 46.0 Å². The lowest BCUT2D eigenvalue weighted by Crippen LogP contribution is -2.15. The van der Waals surface area contributed by atoms with Gasteiger partial charge in [0, 0.05) is 37.0 Å². The number of halogens is 4. The van der Waals surface area contributed by atoms with Crippen LogP contribution in [-0.4, -0.2) is 9.13 Å². The molecule has 0 spiro atoms. The monoisotopic (exact) mass is 412 g/mol. The third-order valence-electron chi connectivity index (χ3n) is 5.57. The summed E-state index contributed by atoms with van der Waals surface area (Å²) in [4.78, 5) is 26.0. The van der Waals surface area contributed by atoms with Crippen LogP contribution in [0, 0.1) is 23.3 Å². The van der Waals surface area contributed by atoms with Crippen LogP contribution in [0.4, 0.5) is 17.6 Å². The molecule has 0 saturated heterocycles. The molecule has 2 heterocycles. The van der Waals surface area contributed by atoms with Crippen molar-refractivity contribution in [2.24, 2.45) is 14.1 Å². The average Bonchev–Trinajstić information content (AvgIpc) is 2.68. The second-order valence-electron chi connectivity index (χ2n) is 7.23. The van der Waals surface area contributed by atoms with Crippen molar-refractivity contribution in [1.29, 1.82) is 0 Å². The molecule has 0 radical (unpaired) electrons. The van der Waals surface area contributed by atoms with Crippen molar-refractivity contribution >= 4 is 43.6 Å². The summed E-state index contributed by atoms with van der Waals surface area (Å²) in [6, 6.07) is 6.10. The Morgan fingerprint density at radius 1 is 0.567 bits per heavy atom. The largest absolute Gasteiger partial charge is 0.343 e. The first-order valence-corrected chi connectivity index (χ1v) is 8.92. The minimum absolute atomic E-state index is 0.0233. The molecule has 0 aliphatic rings. The summed E-state index contributed by atoms with van der Waals surface area (Å²) < 4.78 is 59.1. The van der Waals surface area contributed by atoms with Crippen molar-refractivity contribution in [2.45, 2.75) is 0 Å². The van der Waals surface area contributed by atoms with Crippen molar-refractivity contribution in [3.05, 3.63) is 80.1 Å². The van der Waals surface area contributed by atoms with Gasteiger partial charge in [0.05, 0.1) is 32.8 Å². The highest BCUT2D eigenvalue weighted by molar-refractivity contribution is 6.03. The van der Waals surface area contributed by atoms with Gasteiger partial charge in [-0.1, -0.05) is 0 Å². The molecule has 2 aromatic heterocycles. The number of nitrogens with zero attached hydrogens (tertiary/aromatic N) is 2. The highest BCUT2D eigenvalue weighted by Crippen LogP contribution is 2.27. The van der Waals surface area contributed by atoms with E-state index in [1.165, 1.54) is 35.4 Å². The van der Waals surface area contributed by atoms with Crippen LogP contribution >= 0.6 is 0 Å². The number of rotatable bonds is 0. The van der Waals surface area contributed by atoms with Crippen LogP contribution in [0.1, 0.15) is 0 Å². The highest BCUT2D eigenvalue weighted by atomic mass is 19.1. The van der Waals surface area contributed by atoms with E-state index < -0.39 is 34.1 Å². The Kier molecular flexibility index (Phi) is 3.62. The summed E-state index contributed by atoms with van der Waals surface area (Å²) in [5.74, 6) is -3.68. The molecule has 0 fully saturated rings. The fourth-order valence-corrected chi connectivity index (χ4v) is 4.12. The maximum atomic E-state index is 14.4. The standard InChI is InChI=1S/C22H12F4N2O2/c1-27-15-7-12-16(28(2)18-6-10(24)4-14(26)20(18)22(12)30)8-11(15)21(29)19-13(25)3-9(23)5-17(19)27/h3-8H,1-2H3. The summed E-state index contributed by atoms with van der Waals surface area (Å²) in [7, 11) is 3.02. The molecular formula is C22H12F4N2O2. The predicted octanol–water partition coefficient (Wildman–Crippen LogP) is 4.25. The summed E-state index contributed by atoms with van der Waals surface area (Å²) >= 11 is 0. The van der Waals surface area contributed by atoms with E-state index in [2.05, 4.69) is 0 Å². The third-order valence-corrected chi connectivity index (χ3v) is 5.57. The first kappa shape index (κ1) is 18.4. The van der Waals surface area contributed by atoms with Gasteiger partial charge in [0.15, 0.2) is 10.9 Å². The molecule has 0 bridgehead atoms. The van der Waals surface area contributed by atoms with E-state index in [-0.39, 0.29) is 43.6 Å². The van der Waals surface area contributed by atoms with E-state index in [4.69, 9.17) is 0 Å². The fraction of sp³-hybridized carbons (Fsp3) is 0.0909. The van der Waals surface area contributed by atoms with Gasteiger partial charge in [0.25, 0.3) is 0 Å². The smallest absolute Gasteiger partial charge is 0.200 e. The molecule has 8 heteroatoms. The molecule has 0 unspecified atom stereocenters. The van der Waals surface area contributed by atoms with Crippen LogP contribution < -0.4 is 10.9 Å². The van der Waals surface area contributed by atoms with Gasteiger partial charge in [-0.3, -0.25) is 9.59 Å². The number of aromatic nitrogens is 2. The zero-order chi connectivity index (χ0) is 21.5. The van der Waals surface area contributed by atoms with Crippen molar-refractivity contribution in [1.82, 2.24) is 9.13 Å². The Hall–Kier alpha value is -3.68. The summed E-state index contributed by atoms with van der Waals surface area (Å²) in [6.45, 7) is 0. The number of hydrogen-bond donors (Lipinski definition) is 0. The zero-order valence-corrected chi connectivity index (χ0v) is 15.7. The fourth-order valence-electron chi connectivity index (χ4n) is 4.12. The van der Waals surface area contributed by atoms with Gasteiger partial charge in [-0.15, -0.1) is 0 Å². The van der Waals surface area contributed by atoms with Gasteiger partial charge in [0.1, 0.15) is 23.3 Å². The maximum Gasteiger partial charge on any atom is 0.200 e. The minimum atomic E-state index is -0.996. The number of hydrogen-bond acceptors (Lipinski definition) is 2. The molecule has 0 aliphatic heterocycles. The lowest BCUT2D eigenvalue weighted by Gasteiger charge is -2.15. The van der Waals surface area contributed by atoms with Gasteiger partial charge in [0.2, 0.25) is 0 Å². The van der Waals surface area contributed by atoms with E-state index in [0.29, 0.717) is 12.1 Å². The Morgan fingerprint density at radius 3 is 1.30 bits per heavy atom. The van der Waals surface area contributed by atoms with Crippen LogP contribution in [-0.2, 0) is 14.1 Å². The Bertz CT molecular complexity index is 1570. The average molecular weight is 412 g/mol. The molecule has 0 amide bonds. The summed E-state index contributed by atoms with van der Waals surface area (Å²) in [5.41, 5.74) is -0.788. The van der Waals surface area contributed by atoms with Gasteiger partial charge >= 0.3 is 0 Å². The van der Waals surface area contributed by atoms with Crippen molar-refractivity contribution in [3.63, 3.8) is 0 Å². The molecular weight excluding hydrogens is 400 g/mol. The second kappa shape index (κ2) is 5.91. The molecule has 0 aliphatic carbocycles. The van der Waals surface area contributed by atoms with Crippen LogP contribution in [0.25, 0.3) is 43.6 Å². The molecule has 30 heavy (non-hydrogen) atoms. The number of benzene rings is 3. The van der Waals surface area contributed by atoms with Gasteiger partial charge in [-0.25, -0.2) is 17.6 Å². The van der Waals surface area contributed by atoms with Gasteiger partial charge < -0.3 is 9.13 Å². The first-order valence-electron chi connectivity index (χ1n) is 8.92. The van der Waals surface area contributed by atoms with Crippen molar-refractivity contribution in [3.8, 4) is 0 Å². The van der Waals surface area contributed by atoms with Crippen molar-refractivity contribution in [2.75, 3.05) is 0 Å². The highest BCUT2D eigenvalue weighted by Gasteiger charge is 2.19. The Labute approximate surface area is 165 Å². The number of fused-ring (bicyclic) bond motifs is 4. The number of pyridine rings is 2. The Morgan fingerprint density at radius 2 is 0.933 bits per heavy atom. The first-order chi connectivity index (χ1) is 14.2. The summed E-state index contributed by atoms with van der Waals surface area (Å²) in [5, 5.41) is -0.384. The molecule has 3 aromatic carbocycles. The van der Waals surface area contributed by atoms with Crippen molar-refractivity contribution < 1.29 is 17.6 Å². The third kappa shape index (κ3) is 2.27. The van der Waals surface area contributed by atoms with Crippen LogP contribution in [0.5, 0.6) is 0 Å². The molecule has 5 aromatic rings. The molecule has 0 atom stereocenters. The lowest BCUT2D eigenvalue weighted by molar-refractivity contribution is 0.589. The SMILES string of the molecule is Cn1c2cc3c(=O)c4c(F)cc(F)cc4n(C)c3cc2c(=O)c2c(F)cc(F)cc21. The van der Waals surface area contributed by atoms with E-state index in [1.807, 2.05) is 0 Å². The van der Waals surface area contributed by atoms with E-state index in [0.717, 1.165) is 12.1 Å². The topological polar surface area (TPSA) is 44.0 Å². The quantitative estimate of drug-likeness (QED) is 0.282. The number of aryl methyl sites for hydroxylation is 2. The van der Waals surface area contributed by atoms with Gasteiger partial charge in [-0.05, 0) is 24.3 Å². The normalized spacial score (nSPS) is 11.9. The molecule has 150 valence electrons. The summed E-state index contributed by atoms with van der Waals surface area (Å²) in [6.07, 6.45) is 0. The van der Waals surface area contributed by atoms with Gasteiger partial charge in [-0.2, -0.15) is 0 Å². The van der Waals surface area contributed by atoms with Crippen LogP contribution in [0.2, 0.25) is 0 Å². The minimum Gasteiger partial charge on any atom is -0.343 e. The van der Waals surface area contributed by atoms with E-state index in [9.17, 15) is 27.2 Å². The van der Waals surface area contributed by atoms with Crippen LogP contribution in [0.3, 0.4) is 0 Å². The Balaban J connectivity index is 2.10. The molecule has 4 nitrogen and oxygen atoms in total. The van der Waals surface area contributed by atoms with E-state index >= 15 is 0 Å². The molecule has 0 N–H and O–H groups in total. The zero-order valence-electron chi connectivity index (χ0n) is 15.7. The predicted molar refractivity (Wildman–Crippen MR) is 107 cm³/mol. The second-order valence-corrected chi connectivity index (χ2v) is 7.23.